The third-order valence-electron chi connectivity index (χ3n) is 2.96. The molecule has 1 aliphatic heterocycles. The summed E-state index contributed by atoms with van der Waals surface area (Å²) in [6, 6.07) is 1.06. The van der Waals surface area contributed by atoms with Crippen LogP contribution in [0.5, 0.6) is 0 Å². The minimum atomic E-state index is 0.359. The fraction of sp³-hybridized carbons (Fsp3) is 0.818. The SMILES string of the molecule is C#CC(CC)N1CCC(NC)CC1. The first kappa shape index (κ1) is 10.6. The molecule has 1 heterocycles. The summed E-state index contributed by atoms with van der Waals surface area (Å²) in [5.41, 5.74) is 0. The van der Waals surface area contributed by atoms with E-state index in [-0.39, 0.29) is 0 Å². The van der Waals surface area contributed by atoms with E-state index in [0.29, 0.717) is 12.1 Å². The van der Waals surface area contributed by atoms with Crippen LogP contribution in [0.2, 0.25) is 0 Å². The van der Waals surface area contributed by atoms with E-state index in [9.17, 15) is 0 Å². The molecule has 0 bridgehead atoms. The molecule has 13 heavy (non-hydrogen) atoms. The highest BCUT2D eigenvalue weighted by atomic mass is 15.2. The fourth-order valence-electron chi connectivity index (χ4n) is 1.98. The normalized spacial score (nSPS) is 22.5. The maximum Gasteiger partial charge on any atom is 0.0709 e. The molecule has 0 amide bonds. The zero-order chi connectivity index (χ0) is 9.68. The lowest BCUT2D eigenvalue weighted by Crippen LogP contribution is -2.45. The minimum absolute atomic E-state index is 0.359. The molecule has 0 aromatic rings. The second-order valence-corrected chi connectivity index (χ2v) is 3.69. The molecule has 1 saturated heterocycles. The van der Waals surface area contributed by atoms with E-state index in [1.807, 2.05) is 7.05 Å². The van der Waals surface area contributed by atoms with Crippen molar-refractivity contribution in [3.8, 4) is 12.3 Å². The van der Waals surface area contributed by atoms with Crippen molar-refractivity contribution in [2.24, 2.45) is 0 Å². The lowest BCUT2D eigenvalue weighted by atomic mass is 10.0. The van der Waals surface area contributed by atoms with E-state index in [1.54, 1.807) is 0 Å². The summed E-state index contributed by atoms with van der Waals surface area (Å²) in [6.07, 6.45) is 9.01. The Balaban J connectivity index is 2.36. The largest absolute Gasteiger partial charge is 0.317 e. The molecule has 0 aromatic heterocycles. The van der Waals surface area contributed by atoms with Crippen LogP contribution in [0.1, 0.15) is 26.2 Å². The number of nitrogens with one attached hydrogen (secondary N) is 1. The van der Waals surface area contributed by atoms with Crippen molar-refractivity contribution in [2.75, 3.05) is 20.1 Å². The summed E-state index contributed by atoms with van der Waals surface area (Å²) in [7, 11) is 2.04. The molecule has 2 heteroatoms. The molecule has 1 rings (SSSR count). The summed E-state index contributed by atoms with van der Waals surface area (Å²) in [5.74, 6) is 2.86. The van der Waals surface area contributed by atoms with Crippen LogP contribution in [0, 0.1) is 12.3 Å². The highest BCUT2D eigenvalue weighted by Gasteiger charge is 2.21. The highest BCUT2D eigenvalue weighted by molar-refractivity contribution is 5.00. The first-order valence-corrected chi connectivity index (χ1v) is 5.19. The third-order valence-corrected chi connectivity index (χ3v) is 2.96. The first-order chi connectivity index (χ1) is 6.31. The van der Waals surface area contributed by atoms with Crippen LogP contribution in [0.15, 0.2) is 0 Å². The van der Waals surface area contributed by atoms with Gasteiger partial charge in [-0.05, 0) is 26.3 Å². The van der Waals surface area contributed by atoms with Crippen LogP contribution < -0.4 is 5.32 Å². The van der Waals surface area contributed by atoms with Gasteiger partial charge >= 0.3 is 0 Å². The molecule has 1 aliphatic rings. The van der Waals surface area contributed by atoms with Crippen LogP contribution in [-0.2, 0) is 0 Å². The van der Waals surface area contributed by atoms with Gasteiger partial charge in [-0.2, -0.15) is 0 Å². The van der Waals surface area contributed by atoms with Crippen LogP contribution in [-0.4, -0.2) is 37.1 Å². The molecular formula is C11H20N2. The summed E-state index contributed by atoms with van der Waals surface area (Å²) < 4.78 is 0. The highest BCUT2D eigenvalue weighted by Crippen LogP contribution is 2.14. The average Bonchev–Trinajstić information content (AvgIpc) is 2.21. The summed E-state index contributed by atoms with van der Waals surface area (Å²) in [4.78, 5) is 2.42. The first-order valence-electron chi connectivity index (χ1n) is 5.19. The average molecular weight is 180 g/mol. The Bertz CT molecular complexity index is 175. The molecule has 0 aliphatic carbocycles. The molecule has 0 saturated carbocycles. The van der Waals surface area contributed by atoms with Crippen molar-refractivity contribution >= 4 is 0 Å². The Kier molecular flexibility index (Phi) is 4.27. The Morgan fingerprint density at radius 3 is 2.54 bits per heavy atom. The Morgan fingerprint density at radius 2 is 2.15 bits per heavy atom. The molecule has 1 N–H and O–H groups in total. The zero-order valence-corrected chi connectivity index (χ0v) is 8.71. The van der Waals surface area contributed by atoms with E-state index in [1.165, 1.54) is 12.8 Å². The summed E-state index contributed by atoms with van der Waals surface area (Å²) in [5, 5.41) is 3.32. The van der Waals surface area contributed by atoms with Crippen molar-refractivity contribution in [1.29, 1.82) is 0 Å². The quantitative estimate of drug-likeness (QED) is 0.654. The maximum absolute atomic E-state index is 5.47. The van der Waals surface area contributed by atoms with Gasteiger partial charge in [-0.25, -0.2) is 0 Å². The topological polar surface area (TPSA) is 15.3 Å². The second kappa shape index (κ2) is 5.26. The van der Waals surface area contributed by atoms with Gasteiger partial charge in [0.05, 0.1) is 6.04 Å². The van der Waals surface area contributed by atoms with E-state index in [4.69, 9.17) is 6.42 Å². The van der Waals surface area contributed by atoms with Crippen LogP contribution in [0.25, 0.3) is 0 Å². The van der Waals surface area contributed by atoms with Gasteiger partial charge < -0.3 is 5.32 Å². The number of terminal acetylenes is 1. The van der Waals surface area contributed by atoms with Gasteiger partial charge in [-0.15, -0.1) is 6.42 Å². The number of nitrogens with zero attached hydrogens (tertiary/aromatic N) is 1. The number of piperidine rings is 1. The molecule has 0 radical (unpaired) electrons. The second-order valence-electron chi connectivity index (χ2n) is 3.69. The fourth-order valence-corrected chi connectivity index (χ4v) is 1.98. The van der Waals surface area contributed by atoms with Crippen molar-refractivity contribution < 1.29 is 0 Å². The molecule has 2 nitrogen and oxygen atoms in total. The van der Waals surface area contributed by atoms with E-state index >= 15 is 0 Å². The Hall–Kier alpha value is -0.520. The minimum Gasteiger partial charge on any atom is -0.317 e. The maximum atomic E-state index is 5.47. The van der Waals surface area contributed by atoms with Gasteiger partial charge in [0.1, 0.15) is 0 Å². The molecule has 1 unspecified atom stereocenters. The monoisotopic (exact) mass is 180 g/mol. The molecule has 1 atom stereocenters. The molecular weight excluding hydrogens is 160 g/mol. The zero-order valence-electron chi connectivity index (χ0n) is 8.71. The smallest absolute Gasteiger partial charge is 0.0709 e. The number of hydrogen-bond acceptors (Lipinski definition) is 2. The Labute approximate surface area is 81.7 Å². The third kappa shape index (κ3) is 2.72. The lowest BCUT2D eigenvalue weighted by molar-refractivity contribution is 0.171. The van der Waals surface area contributed by atoms with Crippen molar-refractivity contribution in [1.82, 2.24) is 10.2 Å². The van der Waals surface area contributed by atoms with E-state index in [0.717, 1.165) is 19.5 Å². The molecule has 0 spiro atoms. The van der Waals surface area contributed by atoms with E-state index < -0.39 is 0 Å². The standard InChI is InChI=1S/C11H20N2/c1-4-11(5-2)13-8-6-10(12-3)7-9-13/h1,10-12H,5-9H2,2-3H3. The van der Waals surface area contributed by atoms with Crippen molar-refractivity contribution in [3.63, 3.8) is 0 Å². The lowest BCUT2D eigenvalue weighted by Gasteiger charge is -2.34. The molecule has 74 valence electrons. The van der Waals surface area contributed by atoms with Crippen LogP contribution in [0.4, 0.5) is 0 Å². The Morgan fingerprint density at radius 1 is 1.54 bits per heavy atom. The number of hydrogen-bond donors (Lipinski definition) is 1. The van der Waals surface area contributed by atoms with Gasteiger partial charge in [0, 0.05) is 19.1 Å². The summed E-state index contributed by atoms with van der Waals surface area (Å²) in [6.45, 7) is 4.46. The molecule has 0 aromatic carbocycles. The van der Waals surface area contributed by atoms with Gasteiger partial charge in [-0.3, -0.25) is 4.90 Å². The van der Waals surface area contributed by atoms with Crippen molar-refractivity contribution in [2.45, 2.75) is 38.3 Å². The molecule has 1 fully saturated rings. The predicted molar refractivity (Wildman–Crippen MR) is 56.6 cm³/mol. The van der Waals surface area contributed by atoms with Gasteiger partial charge in [0.2, 0.25) is 0 Å². The van der Waals surface area contributed by atoms with E-state index in [2.05, 4.69) is 23.1 Å². The number of rotatable bonds is 3. The van der Waals surface area contributed by atoms with Gasteiger partial charge in [-0.1, -0.05) is 12.8 Å². The van der Waals surface area contributed by atoms with Crippen LogP contribution in [0.3, 0.4) is 0 Å². The van der Waals surface area contributed by atoms with Gasteiger partial charge in [0.25, 0.3) is 0 Å². The van der Waals surface area contributed by atoms with Crippen molar-refractivity contribution in [3.05, 3.63) is 0 Å². The van der Waals surface area contributed by atoms with Crippen LogP contribution >= 0.6 is 0 Å². The predicted octanol–water partition coefficient (Wildman–Crippen LogP) is 1.08. The number of likely N-dealkylation sites (tertiary alicyclic amines) is 1. The van der Waals surface area contributed by atoms with Gasteiger partial charge in [0.15, 0.2) is 0 Å². The summed E-state index contributed by atoms with van der Waals surface area (Å²) >= 11 is 0.